The molecular formula is C26H34N6O3S. The minimum atomic E-state index is -0.341. The second-order valence-electron chi connectivity index (χ2n) is 9.19. The molecule has 1 aromatic carbocycles. The van der Waals surface area contributed by atoms with E-state index >= 15 is 0 Å². The Labute approximate surface area is 216 Å². The molecule has 3 N–H and O–H groups in total. The summed E-state index contributed by atoms with van der Waals surface area (Å²) in [5.74, 6) is 2.48. The maximum Gasteiger partial charge on any atom is 0.319 e. The molecule has 1 aliphatic heterocycles. The van der Waals surface area contributed by atoms with Crippen molar-refractivity contribution in [2.75, 3.05) is 48.9 Å². The Hall–Kier alpha value is -2.87. The Morgan fingerprint density at radius 2 is 2.14 bits per heavy atom. The highest BCUT2D eigenvalue weighted by Crippen LogP contribution is 2.52. The Bertz CT molecular complexity index is 1070. The Kier molecular flexibility index (Phi) is 9.02. The van der Waals surface area contributed by atoms with Gasteiger partial charge in [-0.15, -0.1) is 11.8 Å². The monoisotopic (exact) mass is 510 g/mol. The lowest BCUT2D eigenvalue weighted by Crippen LogP contribution is -2.44. The number of aliphatic hydroxyl groups excluding tert-OH is 1. The van der Waals surface area contributed by atoms with Crippen LogP contribution in [-0.2, 0) is 9.48 Å². The number of carbonyl (C=O) groups excluding carboxylic acids is 1. The third-order valence-electron chi connectivity index (χ3n) is 6.61. The number of nitrogens with zero attached hydrogens (tertiary/aromatic N) is 4. The van der Waals surface area contributed by atoms with Crippen LogP contribution in [0.25, 0.3) is 11.4 Å². The zero-order valence-corrected chi connectivity index (χ0v) is 21.5. The summed E-state index contributed by atoms with van der Waals surface area (Å²) in [6, 6.07) is 11.5. The highest BCUT2D eigenvalue weighted by molar-refractivity contribution is 8.00. The van der Waals surface area contributed by atoms with Crippen LogP contribution in [0.15, 0.2) is 30.3 Å². The van der Waals surface area contributed by atoms with Gasteiger partial charge >= 0.3 is 6.03 Å². The van der Waals surface area contributed by atoms with E-state index in [1.807, 2.05) is 42.1 Å². The van der Waals surface area contributed by atoms with Crippen molar-refractivity contribution in [2.45, 2.75) is 49.8 Å². The van der Waals surface area contributed by atoms with Crippen molar-refractivity contribution < 1.29 is 14.6 Å². The van der Waals surface area contributed by atoms with E-state index < -0.39 is 0 Å². The number of nitriles is 1. The van der Waals surface area contributed by atoms with Gasteiger partial charge in [0.15, 0.2) is 5.82 Å². The van der Waals surface area contributed by atoms with Gasteiger partial charge in [0.2, 0.25) is 0 Å². The molecule has 1 saturated heterocycles. The molecule has 0 unspecified atom stereocenters. The zero-order valence-electron chi connectivity index (χ0n) is 20.7. The third kappa shape index (κ3) is 6.27. The number of hydrogen-bond acceptors (Lipinski definition) is 8. The fourth-order valence-corrected chi connectivity index (χ4v) is 5.92. The number of aliphatic hydroxyl groups is 1. The number of benzene rings is 1. The number of ether oxygens (including phenoxy) is 1. The SMILES string of the molecule is C[C@H]1COCCN1c1cc(C2(SCCCO)CCC2)nc(-c2ccc(NC(=O)NCCC#N)cc2)n1. The van der Waals surface area contributed by atoms with Gasteiger partial charge in [-0.1, -0.05) is 0 Å². The standard InChI is InChI=1S/C26H34N6O3S/c1-19-18-35-15-13-32(19)23-17-22(26(9-2-10-26)36-16-4-14-33)30-24(31-23)20-5-7-21(8-6-20)29-25(34)28-12-3-11-27/h5-8,17,19,33H,2-4,9-10,12-16,18H2,1H3,(H2,28,29,34)/t19-/m0/s1. The van der Waals surface area contributed by atoms with E-state index in [1.54, 1.807) is 0 Å². The molecule has 192 valence electrons. The molecule has 36 heavy (non-hydrogen) atoms. The van der Waals surface area contributed by atoms with Crippen molar-refractivity contribution >= 4 is 29.3 Å². The molecular weight excluding hydrogens is 476 g/mol. The first kappa shape index (κ1) is 26.2. The predicted octanol–water partition coefficient (Wildman–Crippen LogP) is 3.90. The predicted molar refractivity (Wildman–Crippen MR) is 142 cm³/mol. The summed E-state index contributed by atoms with van der Waals surface area (Å²) in [6.07, 6.45) is 4.36. The lowest BCUT2D eigenvalue weighted by molar-refractivity contribution is 0.0985. The van der Waals surface area contributed by atoms with Crippen LogP contribution in [0.2, 0.25) is 0 Å². The number of hydrogen-bond donors (Lipinski definition) is 3. The summed E-state index contributed by atoms with van der Waals surface area (Å²) >= 11 is 1.90. The van der Waals surface area contributed by atoms with Gasteiger partial charge in [-0.3, -0.25) is 0 Å². The van der Waals surface area contributed by atoms with Crippen LogP contribution in [0, 0.1) is 11.3 Å². The zero-order chi connectivity index (χ0) is 25.4. The second-order valence-corrected chi connectivity index (χ2v) is 10.7. The number of aromatic nitrogens is 2. The van der Waals surface area contributed by atoms with Gasteiger partial charge in [0.25, 0.3) is 0 Å². The molecule has 2 aromatic rings. The summed E-state index contributed by atoms with van der Waals surface area (Å²) in [6.45, 7) is 4.78. The number of rotatable bonds is 10. The molecule has 10 heteroatoms. The first-order valence-electron chi connectivity index (χ1n) is 12.6. The number of carbonyl (C=O) groups is 1. The van der Waals surface area contributed by atoms with Crippen LogP contribution in [0.5, 0.6) is 0 Å². The molecule has 2 amide bonds. The normalized spacial score (nSPS) is 18.7. The van der Waals surface area contributed by atoms with Crippen LogP contribution in [-0.4, -0.2) is 65.8 Å². The average Bonchev–Trinajstić information content (AvgIpc) is 2.86. The van der Waals surface area contributed by atoms with Gasteiger partial charge in [-0.2, -0.15) is 5.26 Å². The highest BCUT2D eigenvalue weighted by atomic mass is 32.2. The van der Waals surface area contributed by atoms with E-state index in [-0.39, 0.29) is 29.8 Å². The maximum atomic E-state index is 12.0. The minimum absolute atomic E-state index is 0.0415. The molecule has 9 nitrogen and oxygen atoms in total. The number of nitrogens with one attached hydrogen (secondary N) is 2. The number of amides is 2. The Morgan fingerprint density at radius 3 is 2.81 bits per heavy atom. The molecule has 2 fully saturated rings. The molecule has 0 spiro atoms. The lowest BCUT2D eigenvalue weighted by Gasteiger charge is -2.42. The highest BCUT2D eigenvalue weighted by Gasteiger charge is 2.41. The number of thioether (sulfide) groups is 1. The molecule has 0 bridgehead atoms. The molecule has 0 radical (unpaired) electrons. The smallest absolute Gasteiger partial charge is 0.319 e. The van der Waals surface area contributed by atoms with Crippen molar-refractivity contribution in [2.24, 2.45) is 0 Å². The molecule has 4 rings (SSSR count). The minimum Gasteiger partial charge on any atom is -0.396 e. The molecule has 1 saturated carbocycles. The summed E-state index contributed by atoms with van der Waals surface area (Å²) in [7, 11) is 0. The van der Waals surface area contributed by atoms with Crippen LogP contribution in [0.3, 0.4) is 0 Å². The topological polar surface area (TPSA) is 123 Å². The first-order chi connectivity index (χ1) is 17.5. The number of urea groups is 1. The molecule has 2 heterocycles. The van der Waals surface area contributed by atoms with Crippen LogP contribution in [0.4, 0.5) is 16.3 Å². The molecule has 2 aliphatic rings. The van der Waals surface area contributed by atoms with E-state index in [1.165, 1.54) is 6.42 Å². The summed E-state index contributed by atoms with van der Waals surface area (Å²) in [5, 5.41) is 23.3. The van der Waals surface area contributed by atoms with E-state index in [0.717, 1.165) is 48.6 Å². The molecule has 1 aliphatic carbocycles. The Balaban J connectivity index is 1.61. The van der Waals surface area contributed by atoms with Crippen molar-refractivity contribution in [1.29, 1.82) is 5.26 Å². The number of morpholine rings is 1. The van der Waals surface area contributed by atoms with Gasteiger partial charge < -0.3 is 25.4 Å². The van der Waals surface area contributed by atoms with Gasteiger partial charge in [-0.05, 0) is 62.6 Å². The van der Waals surface area contributed by atoms with E-state index in [4.69, 9.17) is 20.0 Å². The molecule has 1 atom stereocenters. The van der Waals surface area contributed by atoms with Crippen LogP contribution in [0.1, 0.15) is 44.7 Å². The van der Waals surface area contributed by atoms with E-state index in [2.05, 4.69) is 28.5 Å². The first-order valence-corrected chi connectivity index (χ1v) is 13.5. The van der Waals surface area contributed by atoms with Gasteiger partial charge in [-0.25, -0.2) is 14.8 Å². The van der Waals surface area contributed by atoms with E-state index in [9.17, 15) is 9.90 Å². The van der Waals surface area contributed by atoms with Gasteiger partial charge in [0.1, 0.15) is 5.82 Å². The average molecular weight is 511 g/mol. The quantitative estimate of drug-likeness (QED) is 0.411. The van der Waals surface area contributed by atoms with Crippen molar-refractivity contribution in [3.63, 3.8) is 0 Å². The fourth-order valence-electron chi connectivity index (χ4n) is 4.43. The van der Waals surface area contributed by atoms with E-state index in [0.29, 0.717) is 31.3 Å². The lowest BCUT2D eigenvalue weighted by atomic mass is 9.81. The van der Waals surface area contributed by atoms with Gasteiger partial charge in [0.05, 0.1) is 42.2 Å². The van der Waals surface area contributed by atoms with Crippen LogP contribution >= 0.6 is 11.8 Å². The van der Waals surface area contributed by atoms with Crippen LogP contribution < -0.4 is 15.5 Å². The summed E-state index contributed by atoms with van der Waals surface area (Å²) in [5.41, 5.74) is 2.58. The molecule has 1 aromatic heterocycles. The van der Waals surface area contributed by atoms with Crippen molar-refractivity contribution in [3.05, 3.63) is 36.0 Å². The summed E-state index contributed by atoms with van der Waals surface area (Å²) in [4.78, 5) is 24.3. The largest absolute Gasteiger partial charge is 0.396 e. The van der Waals surface area contributed by atoms with Crippen molar-refractivity contribution in [3.8, 4) is 17.5 Å². The van der Waals surface area contributed by atoms with Gasteiger partial charge in [0, 0.05) is 37.0 Å². The Morgan fingerprint density at radius 1 is 1.33 bits per heavy atom. The maximum absolute atomic E-state index is 12.0. The fraction of sp³-hybridized carbons (Fsp3) is 0.538. The number of anilines is 2. The summed E-state index contributed by atoms with van der Waals surface area (Å²) < 4.78 is 5.61. The van der Waals surface area contributed by atoms with Crippen molar-refractivity contribution in [1.82, 2.24) is 15.3 Å². The second kappa shape index (κ2) is 12.4. The third-order valence-corrected chi connectivity index (χ3v) is 8.27.